The van der Waals surface area contributed by atoms with Crippen molar-refractivity contribution >= 4 is 11.9 Å². The van der Waals surface area contributed by atoms with Crippen LogP contribution in [-0.4, -0.2) is 25.2 Å². The summed E-state index contributed by atoms with van der Waals surface area (Å²) in [5, 5.41) is 0. The van der Waals surface area contributed by atoms with Crippen molar-refractivity contribution in [1.82, 2.24) is 0 Å². The molecule has 0 saturated carbocycles. The van der Waals surface area contributed by atoms with E-state index in [1.165, 1.54) is 0 Å². The SMILES string of the molecule is CCOC(=O)C1(C(=O)OCC)CCC=C1C. The van der Waals surface area contributed by atoms with Crippen LogP contribution >= 0.6 is 0 Å². The molecular weight excluding hydrogens is 208 g/mol. The summed E-state index contributed by atoms with van der Waals surface area (Å²) in [4.78, 5) is 23.9. The van der Waals surface area contributed by atoms with Crippen molar-refractivity contribution in [1.29, 1.82) is 0 Å². The molecule has 4 nitrogen and oxygen atoms in total. The highest BCUT2D eigenvalue weighted by Crippen LogP contribution is 2.41. The highest BCUT2D eigenvalue weighted by Gasteiger charge is 2.51. The van der Waals surface area contributed by atoms with Crippen LogP contribution in [0.5, 0.6) is 0 Å². The number of ether oxygens (including phenoxy) is 2. The average Bonchev–Trinajstić information content (AvgIpc) is 2.62. The minimum atomic E-state index is -1.19. The highest BCUT2D eigenvalue weighted by atomic mass is 16.6. The van der Waals surface area contributed by atoms with E-state index in [1.54, 1.807) is 20.8 Å². The van der Waals surface area contributed by atoms with Crippen LogP contribution in [-0.2, 0) is 19.1 Å². The van der Waals surface area contributed by atoms with Crippen LogP contribution < -0.4 is 0 Å². The number of allylic oxidation sites excluding steroid dienone is 1. The summed E-state index contributed by atoms with van der Waals surface area (Å²) in [6.07, 6.45) is 3.06. The zero-order chi connectivity index (χ0) is 12.2. The Balaban J connectivity index is 2.99. The van der Waals surface area contributed by atoms with Crippen molar-refractivity contribution in [2.75, 3.05) is 13.2 Å². The molecule has 0 spiro atoms. The normalized spacial score (nSPS) is 17.8. The van der Waals surface area contributed by atoms with E-state index >= 15 is 0 Å². The summed E-state index contributed by atoms with van der Waals surface area (Å²) in [5.41, 5.74) is -0.448. The molecule has 0 radical (unpaired) electrons. The van der Waals surface area contributed by atoms with Crippen molar-refractivity contribution in [2.45, 2.75) is 33.6 Å². The molecule has 0 aromatic heterocycles. The van der Waals surface area contributed by atoms with E-state index in [2.05, 4.69) is 0 Å². The predicted octanol–water partition coefficient (Wildman–Crippen LogP) is 1.84. The quantitative estimate of drug-likeness (QED) is 0.417. The molecule has 0 amide bonds. The van der Waals surface area contributed by atoms with Gasteiger partial charge < -0.3 is 9.47 Å². The Kier molecular flexibility index (Phi) is 4.10. The van der Waals surface area contributed by atoms with Gasteiger partial charge in [0.2, 0.25) is 0 Å². The van der Waals surface area contributed by atoms with Gasteiger partial charge in [-0.1, -0.05) is 6.08 Å². The Labute approximate surface area is 95.6 Å². The zero-order valence-electron chi connectivity index (χ0n) is 10.0. The second kappa shape index (κ2) is 5.14. The third-order valence-corrected chi connectivity index (χ3v) is 2.89. The standard InChI is InChI=1S/C12H18O4/c1-4-15-10(13)12(11(14)16-5-2)8-6-7-9(12)3/h7H,4-6,8H2,1-3H3. The third kappa shape index (κ3) is 1.96. The zero-order valence-corrected chi connectivity index (χ0v) is 10.0. The van der Waals surface area contributed by atoms with Gasteiger partial charge in [0.15, 0.2) is 5.41 Å². The second-order valence-corrected chi connectivity index (χ2v) is 3.77. The molecule has 4 heteroatoms. The van der Waals surface area contributed by atoms with E-state index < -0.39 is 17.4 Å². The van der Waals surface area contributed by atoms with Gasteiger partial charge in [0, 0.05) is 0 Å². The average molecular weight is 226 g/mol. The van der Waals surface area contributed by atoms with E-state index in [1.807, 2.05) is 6.08 Å². The first kappa shape index (κ1) is 12.7. The summed E-state index contributed by atoms with van der Waals surface area (Å²) in [6, 6.07) is 0. The van der Waals surface area contributed by atoms with Gasteiger partial charge in [-0.2, -0.15) is 0 Å². The van der Waals surface area contributed by atoms with Crippen molar-refractivity contribution in [2.24, 2.45) is 5.41 Å². The Morgan fingerprint density at radius 3 is 2.06 bits per heavy atom. The summed E-state index contributed by atoms with van der Waals surface area (Å²) < 4.78 is 9.97. The monoisotopic (exact) mass is 226 g/mol. The number of hydrogen-bond acceptors (Lipinski definition) is 4. The van der Waals surface area contributed by atoms with E-state index in [-0.39, 0.29) is 13.2 Å². The van der Waals surface area contributed by atoms with Crippen LogP contribution in [0.25, 0.3) is 0 Å². The van der Waals surface area contributed by atoms with Crippen molar-refractivity contribution < 1.29 is 19.1 Å². The molecule has 1 aliphatic carbocycles. The molecule has 0 saturated heterocycles. The molecule has 0 unspecified atom stereocenters. The lowest BCUT2D eigenvalue weighted by atomic mass is 9.82. The maximum Gasteiger partial charge on any atom is 0.327 e. The molecule has 0 heterocycles. The van der Waals surface area contributed by atoms with Crippen molar-refractivity contribution in [3.8, 4) is 0 Å². The maximum absolute atomic E-state index is 11.9. The molecule has 0 atom stereocenters. The molecule has 1 rings (SSSR count). The van der Waals surface area contributed by atoms with Gasteiger partial charge in [-0.3, -0.25) is 9.59 Å². The lowest BCUT2D eigenvalue weighted by molar-refractivity contribution is -0.168. The summed E-state index contributed by atoms with van der Waals surface area (Å²) in [7, 11) is 0. The molecular formula is C12H18O4. The molecule has 0 aliphatic heterocycles. The molecule has 0 fully saturated rings. The van der Waals surface area contributed by atoms with E-state index in [9.17, 15) is 9.59 Å². The smallest absolute Gasteiger partial charge is 0.327 e. The van der Waals surface area contributed by atoms with Gasteiger partial charge >= 0.3 is 11.9 Å². The van der Waals surface area contributed by atoms with E-state index in [0.29, 0.717) is 12.8 Å². The molecule has 16 heavy (non-hydrogen) atoms. The number of rotatable bonds is 4. The molecule has 0 N–H and O–H groups in total. The molecule has 0 aromatic carbocycles. The van der Waals surface area contributed by atoms with Crippen LogP contribution in [0.4, 0.5) is 0 Å². The van der Waals surface area contributed by atoms with Gasteiger partial charge in [0.1, 0.15) is 0 Å². The number of esters is 2. The fourth-order valence-corrected chi connectivity index (χ4v) is 1.99. The van der Waals surface area contributed by atoms with Gasteiger partial charge in [0.25, 0.3) is 0 Å². The number of carbonyl (C=O) groups excluding carboxylic acids is 2. The van der Waals surface area contributed by atoms with Crippen LogP contribution in [0.3, 0.4) is 0 Å². The Morgan fingerprint density at radius 1 is 1.25 bits per heavy atom. The molecule has 90 valence electrons. The lowest BCUT2D eigenvalue weighted by Gasteiger charge is -2.26. The van der Waals surface area contributed by atoms with Gasteiger partial charge in [-0.15, -0.1) is 0 Å². The lowest BCUT2D eigenvalue weighted by Crippen LogP contribution is -2.41. The van der Waals surface area contributed by atoms with E-state index in [4.69, 9.17) is 9.47 Å². The predicted molar refractivity (Wildman–Crippen MR) is 58.7 cm³/mol. The minimum Gasteiger partial charge on any atom is -0.465 e. The van der Waals surface area contributed by atoms with Crippen molar-refractivity contribution in [3.63, 3.8) is 0 Å². The first-order valence-corrected chi connectivity index (χ1v) is 5.61. The Hall–Kier alpha value is -1.32. The number of carbonyl (C=O) groups is 2. The Morgan fingerprint density at radius 2 is 1.75 bits per heavy atom. The molecule has 1 aliphatic rings. The fourth-order valence-electron chi connectivity index (χ4n) is 1.99. The van der Waals surface area contributed by atoms with Crippen LogP contribution in [0.1, 0.15) is 33.6 Å². The summed E-state index contributed by atoms with van der Waals surface area (Å²) in [5.74, 6) is -0.973. The first-order chi connectivity index (χ1) is 7.59. The molecule has 0 bridgehead atoms. The summed E-state index contributed by atoms with van der Waals surface area (Å²) in [6.45, 7) is 5.77. The summed E-state index contributed by atoms with van der Waals surface area (Å²) >= 11 is 0. The maximum atomic E-state index is 11.9. The van der Waals surface area contributed by atoms with Gasteiger partial charge in [-0.25, -0.2) is 0 Å². The van der Waals surface area contributed by atoms with Crippen LogP contribution in [0.15, 0.2) is 11.6 Å². The third-order valence-electron chi connectivity index (χ3n) is 2.89. The van der Waals surface area contributed by atoms with Crippen LogP contribution in [0, 0.1) is 5.41 Å². The minimum absolute atomic E-state index is 0.271. The van der Waals surface area contributed by atoms with Crippen molar-refractivity contribution in [3.05, 3.63) is 11.6 Å². The van der Waals surface area contributed by atoms with E-state index in [0.717, 1.165) is 5.57 Å². The van der Waals surface area contributed by atoms with Gasteiger partial charge in [0.05, 0.1) is 13.2 Å². The van der Waals surface area contributed by atoms with Crippen LogP contribution in [0.2, 0.25) is 0 Å². The highest BCUT2D eigenvalue weighted by molar-refractivity contribution is 6.04. The fraction of sp³-hybridized carbons (Fsp3) is 0.667. The second-order valence-electron chi connectivity index (χ2n) is 3.77. The van der Waals surface area contributed by atoms with Gasteiger partial charge in [-0.05, 0) is 39.2 Å². The first-order valence-electron chi connectivity index (χ1n) is 5.61. The largest absolute Gasteiger partial charge is 0.465 e. The Bertz CT molecular complexity index is 299. The molecule has 0 aromatic rings. The topological polar surface area (TPSA) is 52.6 Å². The number of hydrogen-bond donors (Lipinski definition) is 0.